The Bertz CT molecular complexity index is 5790. The summed E-state index contributed by atoms with van der Waals surface area (Å²) in [6, 6.07) is 54.6. The smallest absolute Gasteiger partial charge is 0.414 e. The largest absolute Gasteiger partial charge is 0.452 e. The van der Waals surface area contributed by atoms with Crippen molar-refractivity contribution in [2.45, 2.75) is 338 Å². The number of aliphatic hydroxyl groups excluding tert-OH is 4. The Morgan fingerprint density at radius 1 is 0.270 bits per heavy atom. The second kappa shape index (κ2) is 51.4. The molecular weight excluding hydrogens is 1870 g/mol. The Morgan fingerprint density at radius 2 is 0.453 bits per heavy atom. The van der Waals surface area contributed by atoms with Gasteiger partial charge < -0.3 is 57.6 Å². The topological polar surface area (TPSA) is 339 Å². The molecule has 28 nitrogen and oxygen atoms in total. The number of rotatable bonds is 16. The summed E-state index contributed by atoms with van der Waals surface area (Å²) in [5.41, 5.74) is 17.5. The summed E-state index contributed by atoms with van der Waals surface area (Å²) in [6.07, 6.45) is 15.6. The second-order valence-corrected chi connectivity index (χ2v) is 39.8. The fourth-order valence-corrected chi connectivity index (χ4v) is 23.7. The fraction of sp³-hybridized carbons (Fsp3) is 0.500. The number of fused-ring (bicyclic) bond motifs is 12. The molecule has 148 heavy (non-hydrogen) atoms. The summed E-state index contributed by atoms with van der Waals surface area (Å²) in [5.74, 6) is 3.40. The molecule has 8 aromatic carbocycles. The molecule has 16 atom stereocenters. The first kappa shape index (κ1) is 112. The van der Waals surface area contributed by atoms with E-state index in [1.54, 1.807) is 47.3 Å². The van der Waals surface area contributed by atoms with Crippen molar-refractivity contribution in [2.75, 3.05) is 48.0 Å². The third-order valence-electron chi connectivity index (χ3n) is 31.2. The van der Waals surface area contributed by atoms with Crippen LogP contribution in [0.3, 0.4) is 0 Å². The third-order valence-corrected chi connectivity index (χ3v) is 31.2. The number of Topliss-reactive ketones (excluding diaryl/α,β-unsaturated/α-hetero) is 4. The lowest BCUT2D eigenvalue weighted by atomic mass is 9.83. The molecule has 0 saturated heterocycles. The minimum absolute atomic E-state index is 0.0264. The summed E-state index contributed by atoms with van der Waals surface area (Å²) in [5, 5.41) is 45.9. The Labute approximate surface area is 872 Å². The molecule has 4 fully saturated rings. The van der Waals surface area contributed by atoms with Crippen molar-refractivity contribution in [1.82, 2.24) is 38.2 Å². The number of amides is 4. The van der Waals surface area contributed by atoms with Crippen LogP contribution in [0.4, 0.5) is 41.9 Å². The molecule has 4 amide bonds. The van der Waals surface area contributed by atoms with Crippen LogP contribution in [0.15, 0.2) is 170 Å². The molecule has 4 N–H and O–H groups in total. The monoisotopic (exact) mass is 2020 g/mol. The van der Waals surface area contributed by atoms with Crippen molar-refractivity contribution < 1.29 is 77.7 Å². The summed E-state index contributed by atoms with van der Waals surface area (Å²) >= 11 is 0. The van der Waals surface area contributed by atoms with Gasteiger partial charge in [0.25, 0.3) is 0 Å². The van der Waals surface area contributed by atoms with Gasteiger partial charge >= 0.3 is 24.4 Å². The van der Waals surface area contributed by atoms with E-state index < -0.39 is 24.4 Å². The van der Waals surface area contributed by atoms with E-state index in [0.29, 0.717) is 23.3 Å². The maximum Gasteiger partial charge on any atom is 0.414 e. The van der Waals surface area contributed by atoms with E-state index in [1.807, 2.05) is 253 Å². The number of carbonyl (C=O) groups excluding carboxylic acids is 8. The second-order valence-electron chi connectivity index (χ2n) is 39.8. The highest BCUT2D eigenvalue weighted by Gasteiger charge is 2.43. The quantitative estimate of drug-likeness (QED) is 0.0653. The number of anilines is 4. The molecule has 0 unspecified atom stereocenters. The average molecular weight is 2020 g/mol. The number of hydrogen-bond acceptors (Lipinski definition) is 20. The standard InChI is InChI=1S/4C28H33N3O4.4C2H6/c4*1-17-12-13-22-23(30(17)28(34)35-3)14-15-24-25(22)29-27(26(33)19-8-5-4-6-9-19)31(24)21-11-7-10-20(16-21)18(2)32;4*1-2/h4*4-6,8-9,14-15,17,20-21,26,33H,7,10-13,16H2,1-3H3;4*1-2H3/t17-,20+,21-,26+;17-,20+,21-,26-;17-,20-,21+,26+;17-,20-,21-,26-;;;;/m0000..../s1. The summed E-state index contributed by atoms with van der Waals surface area (Å²) < 4.78 is 29.0. The SMILES string of the molecule is CC.CC.CC.CC.COC(=O)N1c2ccc3c(nc([C@@H](O)c4ccccc4)n3[C@H]3CCC[C@@H](C(C)=O)C3)c2CC[C@@H]1C.COC(=O)N1c2ccc3c(nc([C@@H](O)c4ccccc4)n3[C@H]3CCC[C@H](C(C)=O)C3)c2CC[C@@H]1C.COC(=O)N1c2ccc3c(nc([C@H](O)c4ccccc4)n3[C@@H]3CCC[C@H](C(C)=O)C3)c2CC[C@@H]1C.COC(=O)N1c2ccc3c(nc([C@H](O)c4ccccc4)n3[C@H]3CCC[C@@H](C(C)=O)C3)c2CC[C@@H]1C. The number of nitrogens with zero attached hydrogens (tertiary/aromatic N) is 12. The maximum absolute atomic E-state index is 12.6. The first-order valence-corrected chi connectivity index (χ1v) is 54.2. The Morgan fingerprint density at radius 3 is 0.622 bits per heavy atom. The van der Waals surface area contributed by atoms with Gasteiger partial charge in [0.1, 0.15) is 70.8 Å². The van der Waals surface area contributed by atoms with E-state index in [2.05, 4.69) is 18.3 Å². The molecule has 4 aliphatic heterocycles. The number of aliphatic hydroxyl groups is 4. The van der Waals surface area contributed by atoms with Crippen molar-refractivity contribution in [1.29, 1.82) is 0 Å². The lowest BCUT2D eigenvalue weighted by molar-refractivity contribution is -0.122. The van der Waals surface area contributed by atoms with Crippen molar-refractivity contribution in [2.24, 2.45) is 23.7 Å². The molecule has 28 heteroatoms. The van der Waals surface area contributed by atoms with Gasteiger partial charge in [-0.1, -0.05) is 202 Å². The van der Waals surface area contributed by atoms with Gasteiger partial charge in [-0.15, -0.1) is 0 Å². The molecule has 4 aliphatic carbocycles. The van der Waals surface area contributed by atoms with E-state index in [0.717, 1.165) is 265 Å². The summed E-state index contributed by atoms with van der Waals surface area (Å²) in [6.45, 7) is 30.8. The van der Waals surface area contributed by atoms with Gasteiger partial charge in [0, 0.05) is 94.3 Å². The van der Waals surface area contributed by atoms with E-state index in [1.165, 1.54) is 28.4 Å². The fourth-order valence-electron chi connectivity index (χ4n) is 23.7. The van der Waals surface area contributed by atoms with E-state index in [-0.39, 0.29) is 120 Å². The molecule has 8 aliphatic rings. The molecule has 20 rings (SSSR count). The number of aromatic nitrogens is 8. The first-order chi connectivity index (χ1) is 71.6. The van der Waals surface area contributed by atoms with E-state index in [9.17, 15) is 58.8 Å². The zero-order chi connectivity index (χ0) is 107. The third kappa shape index (κ3) is 23.4. The van der Waals surface area contributed by atoms with Gasteiger partial charge in [-0.05, 0) is 255 Å². The highest BCUT2D eigenvalue weighted by molar-refractivity contribution is 6.00. The zero-order valence-electron chi connectivity index (χ0n) is 90.4. The highest BCUT2D eigenvalue weighted by atomic mass is 16.6. The van der Waals surface area contributed by atoms with Crippen LogP contribution in [0.1, 0.15) is 356 Å². The highest BCUT2D eigenvalue weighted by Crippen LogP contribution is 2.50. The van der Waals surface area contributed by atoms with Crippen molar-refractivity contribution >= 4 is 114 Å². The molecule has 0 spiro atoms. The van der Waals surface area contributed by atoms with Gasteiger partial charge in [-0.2, -0.15) is 0 Å². The number of ether oxygens (including phenoxy) is 4. The molecule has 0 bridgehead atoms. The predicted molar refractivity (Wildman–Crippen MR) is 584 cm³/mol. The predicted octanol–water partition coefficient (Wildman–Crippen LogP) is 25.5. The Balaban J connectivity index is 0.000000161. The number of methoxy groups -OCH3 is 4. The number of carbonyl (C=O) groups is 8. The molecular formula is C120H156N12O16. The number of benzene rings is 8. The lowest BCUT2D eigenvalue weighted by Crippen LogP contribution is -2.42. The molecule has 4 saturated carbocycles. The van der Waals surface area contributed by atoms with Crippen LogP contribution in [0.25, 0.3) is 44.1 Å². The van der Waals surface area contributed by atoms with Crippen LogP contribution in [-0.4, -0.2) is 159 Å². The number of ketones is 4. The van der Waals surface area contributed by atoms with Gasteiger partial charge in [0.15, 0.2) is 0 Å². The average Bonchev–Trinajstić information content (AvgIpc) is 1.59. The Kier molecular flexibility index (Phi) is 39.1. The molecule has 4 aromatic heterocycles. The maximum atomic E-state index is 12.6. The van der Waals surface area contributed by atoms with Crippen LogP contribution in [0.2, 0.25) is 0 Å². The van der Waals surface area contributed by atoms with Crippen LogP contribution < -0.4 is 19.6 Å². The van der Waals surface area contributed by atoms with Crippen molar-refractivity contribution in [3.05, 3.63) is 238 Å². The Hall–Kier alpha value is -12.8. The van der Waals surface area contributed by atoms with E-state index in [4.69, 9.17) is 38.9 Å². The zero-order valence-corrected chi connectivity index (χ0v) is 90.4. The summed E-state index contributed by atoms with van der Waals surface area (Å²) in [7, 11) is 5.61. The number of aryl methyl sites for hydroxylation is 4. The minimum Gasteiger partial charge on any atom is -0.452 e. The minimum atomic E-state index is -0.892. The van der Waals surface area contributed by atoms with Crippen LogP contribution >= 0.6 is 0 Å². The number of imidazole rings is 4. The lowest BCUT2D eigenvalue weighted by Gasteiger charge is -2.34. The van der Waals surface area contributed by atoms with Gasteiger partial charge in [0.05, 0.1) is 95.3 Å². The first-order valence-electron chi connectivity index (χ1n) is 54.2. The number of hydrogen-bond donors (Lipinski definition) is 4. The van der Waals surface area contributed by atoms with E-state index >= 15 is 0 Å². The van der Waals surface area contributed by atoms with Crippen molar-refractivity contribution in [3.63, 3.8) is 0 Å². The van der Waals surface area contributed by atoms with Crippen LogP contribution in [-0.2, 0) is 63.8 Å². The molecule has 0 radical (unpaired) electrons. The summed E-state index contributed by atoms with van der Waals surface area (Å²) in [4.78, 5) is 126. The molecule has 792 valence electrons. The van der Waals surface area contributed by atoms with Gasteiger partial charge in [-0.3, -0.25) is 38.8 Å². The normalized spacial score (nSPS) is 22.0. The van der Waals surface area contributed by atoms with Crippen molar-refractivity contribution in [3.8, 4) is 0 Å². The van der Waals surface area contributed by atoms with Gasteiger partial charge in [-0.25, -0.2) is 39.1 Å². The van der Waals surface area contributed by atoms with Crippen LogP contribution in [0, 0.1) is 23.7 Å². The molecule has 8 heterocycles. The van der Waals surface area contributed by atoms with Crippen LogP contribution in [0.5, 0.6) is 0 Å². The van der Waals surface area contributed by atoms with Gasteiger partial charge in [0.2, 0.25) is 0 Å². The molecule has 12 aromatic rings.